The van der Waals surface area contributed by atoms with Gasteiger partial charge in [-0.05, 0) is 43.3 Å². The summed E-state index contributed by atoms with van der Waals surface area (Å²) < 4.78 is 5.81. The second kappa shape index (κ2) is 6.85. The van der Waals surface area contributed by atoms with Crippen molar-refractivity contribution in [3.63, 3.8) is 0 Å². The Balaban J connectivity index is 1.51. The molecule has 0 radical (unpaired) electrons. The summed E-state index contributed by atoms with van der Waals surface area (Å²) in [5, 5.41) is 14.0. The molecule has 1 amide bonds. The lowest BCUT2D eigenvalue weighted by Crippen LogP contribution is -2.30. The maximum Gasteiger partial charge on any atom is 0.265 e. The molecule has 1 heterocycles. The zero-order valence-corrected chi connectivity index (χ0v) is 14.7. The van der Waals surface area contributed by atoms with Crippen LogP contribution in [0.5, 0.6) is 5.75 Å². The minimum Gasteiger partial charge on any atom is -0.481 e. The molecule has 0 unspecified atom stereocenters. The number of amides is 1. The van der Waals surface area contributed by atoms with Crippen LogP contribution in [0.15, 0.2) is 66.7 Å². The number of nitriles is 1. The number of hydrogen-bond donors (Lipinski definition) is 2. The average molecular weight is 355 g/mol. The van der Waals surface area contributed by atoms with Gasteiger partial charge < -0.3 is 15.0 Å². The van der Waals surface area contributed by atoms with Crippen LogP contribution in [0.3, 0.4) is 0 Å². The van der Waals surface area contributed by atoms with Crippen molar-refractivity contribution in [2.45, 2.75) is 13.0 Å². The first-order valence-electron chi connectivity index (χ1n) is 8.62. The van der Waals surface area contributed by atoms with Crippen molar-refractivity contribution in [2.24, 2.45) is 0 Å². The van der Waals surface area contributed by atoms with Crippen LogP contribution in [-0.4, -0.2) is 17.0 Å². The smallest absolute Gasteiger partial charge is 0.265 e. The Morgan fingerprint density at radius 3 is 2.70 bits per heavy atom. The topological polar surface area (TPSA) is 77.9 Å². The number of fused-ring (bicyclic) bond motifs is 3. The van der Waals surface area contributed by atoms with E-state index in [1.807, 2.05) is 36.4 Å². The number of H-pyrrole nitrogens is 1. The zero-order chi connectivity index (χ0) is 18.8. The Morgan fingerprint density at radius 2 is 1.85 bits per heavy atom. The van der Waals surface area contributed by atoms with Gasteiger partial charge in [0.2, 0.25) is 0 Å². The van der Waals surface area contributed by atoms with Gasteiger partial charge in [-0.1, -0.05) is 24.3 Å². The van der Waals surface area contributed by atoms with E-state index in [0.717, 1.165) is 21.8 Å². The largest absolute Gasteiger partial charge is 0.481 e. The van der Waals surface area contributed by atoms with Crippen LogP contribution < -0.4 is 10.1 Å². The van der Waals surface area contributed by atoms with Gasteiger partial charge in [0.15, 0.2) is 6.10 Å². The second-order valence-electron chi connectivity index (χ2n) is 6.32. The minimum absolute atomic E-state index is 0.276. The molecule has 4 rings (SSSR count). The predicted octanol–water partition coefficient (Wildman–Crippen LogP) is 4.60. The van der Waals surface area contributed by atoms with E-state index in [2.05, 4.69) is 22.4 Å². The number of aromatic nitrogens is 1. The van der Waals surface area contributed by atoms with Crippen molar-refractivity contribution in [2.75, 3.05) is 5.32 Å². The average Bonchev–Trinajstić information content (AvgIpc) is 3.05. The molecule has 0 bridgehead atoms. The van der Waals surface area contributed by atoms with Crippen LogP contribution in [0.25, 0.3) is 21.8 Å². The number of carbonyl (C=O) groups excluding carboxylic acids is 1. The van der Waals surface area contributed by atoms with Crippen molar-refractivity contribution >= 4 is 33.4 Å². The third-order valence-electron chi connectivity index (χ3n) is 4.42. The highest BCUT2D eigenvalue weighted by Crippen LogP contribution is 2.28. The Morgan fingerprint density at radius 1 is 1.04 bits per heavy atom. The Labute approximate surface area is 156 Å². The summed E-state index contributed by atoms with van der Waals surface area (Å²) >= 11 is 0. The fourth-order valence-electron chi connectivity index (χ4n) is 3.08. The van der Waals surface area contributed by atoms with Crippen LogP contribution in [0.2, 0.25) is 0 Å². The van der Waals surface area contributed by atoms with E-state index >= 15 is 0 Å². The maximum absolute atomic E-state index is 12.4. The molecule has 0 saturated carbocycles. The summed E-state index contributed by atoms with van der Waals surface area (Å²) in [6.07, 6.45) is -0.683. The lowest BCUT2D eigenvalue weighted by atomic mass is 10.1. The molecule has 4 aromatic rings. The molecule has 27 heavy (non-hydrogen) atoms. The minimum atomic E-state index is -0.683. The molecule has 1 aromatic heterocycles. The molecule has 132 valence electrons. The molecular weight excluding hydrogens is 338 g/mol. The van der Waals surface area contributed by atoms with Crippen molar-refractivity contribution in [3.05, 3.63) is 72.3 Å². The van der Waals surface area contributed by atoms with Gasteiger partial charge in [-0.25, -0.2) is 0 Å². The molecule has 2 N–H and O–H groups in total. The monoisotopic (exact) mass is 355 g/mol. The van der Waals surface area contributed by atoms with Gasteiger partial charge in [0.1, 0.15) is 5.75 Å². The Kier molecular flexibility index (Phi) is 4.23. The van der Waals surface area contributed by atoms with Crippen LogP contribution in [-0.2, 0) is 4.79 Å². The highest BCUT2D eigenvalue weighted by molar-refractivity contribution is 6.07. The first-order chi connectivity index (χ1) is 13.1. The van der Waals surface area contributed by atoms with Gasteiger partial charge in [0.25, 0.3) is 5.91 Å². The van der Waals surface area contributed by atoms with E-state index in [1.54, 1.807) is 31.2 Å². The third kappa shape index (κ3) is 3.33. The number of aromatic amines is 1. The fourth-order valence-corrected chi connectivity index (χ4v) is 3.08. The molecule has 5 heteroatoms. The highest BCUT2D eigenvalue weighted by atomic mass is 16.5. The molecule has 0 aliphatic rings. The lowest BCUT2D eigenvalue weighted by molar-refractivity contribution is -0.122. The number of benzene rings is 3. The Hall–Kier alpha value is -3.78. The van der Waals surface area contributed by atoms with Crippen LogP contribution in [0, 0.1) is 11.3 Å². The fraction of sp³-hybridized carbons (Fsp3) is 0.0909. The Bertz CT molecular complexity index is 1190. The molecular formula is C22H17N3O2. The number of hydrogen-bond acceptors (Lipinski definition) is 3. The summed E-state index contributed by atoms with van der Waals surface area (Å²) in [5.74, 6) is 0.337. The zero-order valence-electron chi connectivity index (χ0n) is 14.7. The summed E-state index contributed by atoms with van der Waals surface area (Å²) in [6, 6.07) is 22.7. The van der Waals surface area contributed by atoms with Crippen molar-refractivity contribution < 1.29 is 9.53 Å². The van der Waals surface area contributed by atoms with E-state index in [0.29, 0.717) is 17.0 Å². The molecule has 0 aliphatic heterocycles. The number of anilines is 1. The predicted molar refractivity (Wildman–Crippen MR) is 106 cm³/mol. The van der Waals surface area contributed by atoms with Crippen molar-refractivity contribution in [1.82, 2.24) is 4.98 Å². The summed E-state index contributed by atoms with van der Waals surface area (Å²) in [6.45, 7) is 1.69. The summed E-state index contributed by atoms with van der Waals surface area (Å²) in [7, 11) is 0. The first kappa shape index (κ1) is 16.7. The van der Waals surface area contributed by atoms with E-state index in [-0.39, 0.29) is 5.91 Å². The van der Waals surface area contributed by atoms with E-state index in [4.69, 9.17) is 10.00 Å². The number of nitrogens with zero attached hydrogens (tertiary/aromatic N) is 1. The highest BCUT2D eigenvalue weighted by Gasteiger charge is 2.16. The lowest BCUT2D eigenvalue weighted by Gasteiger charge is -2.15. The SMILES string of the molecule is C[C@@H](Oc1ccc2c(c1)[nH]c1ccccc12)C(=O)Nc1cccc(C#N)c1. The van der Waals surface area contributed by atoms with Crippen LogP contribution in [0.4, 0.5) is 5.69 Å². The standard InChI is InChI=1S/C22H17N3O2/c1-14(22(26)24-16-6-4-5-15(11-16)13-23)27-17-9-10-19-18-7-2-3-8-20(18)25-21(19)12-17/h2-12,14,25H,1H3,(H,24,26)/t14-/m1/s1. The number of nitrogens with one attached hydrogen (secondary N) is 2. The van der Waals surface area contributed by atoms with Gasteiger partial charge in [-0.2, -0.15) is 5.26 Å². The molecule has 0 saturated heterocycles. The quantitative estimate of drug-likeness (QED) is 0.562. The molecule has 0 fully saturated rings. The van der Waals surface area contributed by atoms with Crippen LogP contribution >= 0.6 is 0 Å². The maximum atomic E-state index is 12.4. The molecule has 3 aromatic carbocycles. The first-order valence-corrected chi connectivity index (χ1v) is 8.62. The molecule has 0 aliphatic carbocycles. The second-order valence-corrected chi connectivity index (χ2v) is 6.32. The molecule has 5 nitrogen and oxygen atoms in total. The third-order valence-corrected chi connectivity index (χ3v) is 4.42. The summed E-state index contributed by atoms with van der Waals surface area (Å²) in [5.41, 5.74) is 3.09. The molecule has 0 spiro atoms. The van der Waals surface area contributed by atoms with Crippen molar-refractivity contribution in [3.8, 4) is 11.8 Å². The van der Waals surface area contributed by atoms with Gasteiger partial charge in [-0.3, -0.25) is 4.79 Å². The number of rotatable bonds is 4. The summed E-state index contributed by atoms with van der Waals surface area (Å²) in [4.78, 5) is 15.8. The van der Waals surface area contributed by atoms with Crippen molar-refractivity contribution in [1.29, 1.82) is 5.26 Å². The van der Waals surface area contributed by atoms with Crippen LogP contribution in [0.1, 0.15) is 12.5 Å². The number of para-hydroxylation sites is 1. The van der Waals surface area contributed by atoms with Gasteiger partial charge >= 0.3 is 0 Å². The molecule has 1 atom stereocenters. The van der Waals surface area contributed by atoms with Gasteiger partial charge in [0.05, 0.1) is 17.1 Å². The van der Waals surface area contributed by atoms with E-state index in [9.17, 15) is 4.79 Å². The number of carbonyl (C=O) groups is 1. The van der Waals surface area contributed by atoms with E-state index < -0.39 is 6.10 Å². The van der Waals surface area contributed by atoms with Gasteiger partial charge in [-0.15, -0.1) is 0 Å². The van der Waals surface area contributed by atoms with Gasteiger partial charge in [0, 0.05) is 28.0 Å². The normalized spacial score (nSPS) is 11.9. The number of ether oxygens (including phenoxy) is 1. The van der Waals surface area contributed by atoms with E-state index in [1.165, 1.54) is 0 Å².